The Bertz CT molecular complexity index is 196. The minimum atomic E-state index is 0.851. The van der Waals surface area contributed by atoms with E-state index in [1.165, 1.54) is 31.3 Å². The highest BCUT2D eigenvalue weighted by atomic mass is 14.2. The first-order chi connectivity index (χ1) is 5.77. The second-order valence-electron chi connectivity index (χ2n) is 3.70. The number of allylic oxidation sites excluding steroid dienone is 4. The summed E-state index contributed by atoms with van der Waals surface area (Å²) in [7, 11) is 0. The van der Waals surface area contributed by atoms with Gasteiger partial charge in [0.25, 0.3) is 0 Å². The van der Waals surface area contributed by atoms with Gasteiger partial charge in [-0.25, -0.2) is 0 Å². The molecule has 0 radical (unpaired) electrons. The minimum absolute atomic E-state index is 0.851. The molecule has 0 aromatic heterocycles. The van der Waals surface area contributed by atoms with Gasteiger partial charge in [-0.3, -0.25) is 0 Å². The standard InChI is InChI=1S/C12H20/c1-4-11-8-6-7-10(3)9-12(11)5-2/h7,9,11H,4-6,8H2,1-3H3. The van der Waals surface area contributed by atoms with Gasteiger partial charge in [-0.05, 0) is 38.5 Å². The lowest BCUT2D eigenvalue weighted by atomic mass is 9.91. The topological polar surface area (TPSA) is 0 Å². The van der Waals surface area contributed by atoms with Crippen LogP contribution in [0, 0.1) is 5.92 Å². The van der Waals surface area contributed by atoms with Crippen molar-refractivity contribution in [1.82, 2.24) is 0 Å². The number of hydrogen-bond donors (Lipinski definition) is 0. The quantitative estimate of drug-likeness (QED) is 0.576. The van der Waals surface area contributed by atoms with Gasteiger partial charge in [0, 0.05) is 0 Å². The molecule has 1 atom stereocenters. The van der Waals surface area contributed by atoms with Gasteiger partial charge >= 0.3 is 0 Å². The molecule has 0 N–H and O–H groups in total. The molecule has 0 heteroatoms. The van der Waals surface area contributed by atoms with E-state index in [4.69, 9.17) is 0 Å². The summed E-state index contributed by atoms with van der Waals surface area (Å²) in [6.45, 7) is 6.79. The van der Waals surface area contributed by atoms with Crippen molar-refractivity contribution in [1.29, 1.82) is 0 Å². The van der Waals surface area contributed by atoms with Crippen LogP contribution < -0.4 is 0 Å². The second kappa shape index (κ2) is 4.49. The molecule has 0 bridgehead atoms. The van der Waals surface area contributed by atoms with Gasteiger partial charge in [0.1, 0.15) is 0 Å². The monoisotopic (exact) mass is 164 g/mol. The fourth-order valence-corrected chi connectivity index (χ4v) is 2.02. The SMILES string of the molecule is CCC1=CC(C)=CCCC1CC. The fourth-order valence-electron chi connectivity index (χ4n) is 2.02. The minimum Gasteiger partial charge on any atom is -0.0816 e. The highest BCUT2D eigenvalue weighted by Gasteiger charge is 2.12. The maximum absolute atomic E-state index is 2.39. The van der Waals surface area contributed by atoms with Crippen LogP contribution in [-0.4, -0.2) is 0 Å². The van der Waals surface area contributed by atoms with E-state index in [1.807, 2.05) is 0 Å². The summed E-state index contributed by atoms with van der Waals surface area (Å²) >= 11 is 0. The third kappa shape index (κ3) is 2.23. The van der Waals surface area contributed by atoms with Gasteiger partial charge in [0.05, 0.1) is 0 Å². The summed E-state index contributed by atoms with van der Waals surface area (Å²) < 4.78 is 0. The van der Waals surface area contributed by atoms with E-state index in [1.54, 1.807) is 5.57 Å². The van der Waals surface area contributed by atoms with Gasteiger partial charge in [-0.1, -0.05) is 37.1 Å². The largest absolute Gasteiger partial charge is 0.0816 e. The lowest BCUT2D eigenvalue weighted by Gasteiger charge is -2.15. The van der Waals surface area contributed by atoms with Gasteiger partial charge < -0.3 is 0 Å². The maximum atomic E-state index is 2.39. The molecular formula is C12H20. The molecule has 0 nitrogen and oxygen atoms in total. The van der Waals surface area contributed by atoms with E-state index in [0.29, 0.717) is 0 Å². The highest BCUT2D eigenvalue weighted by molar-refractivity contribution is 5.25. The molecule has 0 saturated heterocycles. The molecule has 68 valence electrons. The maximum Gasteiger partial charge on any atom is -0.0200 e. The summed E-state index contributed by atoms with van der Waals surface area (Å²) in [5.41, 5.74) is 3.12. The van der Waals surface area contributed by atoms with Gasteiger partial charge in [-0.15, -0.1) is 0 Å². The van der Waals surface area contributed by atoms with Gasteiger partial charge in [-0.2, -0.15) is 0 Å². The molecule has 0 aliphatic heterocycles. The Kier molecular flexibility index (Phi) is 3.58. The molecule has 0 amide bonds. The Labute approximate surface area is 76.4 Å². The van der Waals surface area contributed by atoms with Crippen LogP contribution in [0.1, 0.15) is 46.5 Å². The average Bonchev–Trinajstić information content (AvgIpc) is 2.26. The van der Waals surface area contributed by atoms with E-state index in [2.05, 4.69) is 32.9 Å². The van der Waals surface area contributed by atoms with Crippen LogP contribution in [0.4, 0.5) is 0 Å². The molecule has 0 saturated carbocycles. The Morgan fingerprint density at radius 3 is 2.75 bits per heavy atom. The molecule has 0 aromatic carbocycles. The zero-order chi connectivity index (χ0) is 8.97. The van der Waals surface area contributed by atoms with Crippen molar-refractivity contribution in [2.75, 3.05) is 0 Å². The number of rotatable bonds is 2. The van der Waals surface area contributed by atoms with Crippen molar-refractivity contribution in [2.24, 2.45) is 5.92 Å². The highest BCUT2D eigenvalue weighted by Crippen LogP contribution is 2.27. The van der Waals surface area contributed by atoms with Crippen LogP contribution in [0.25, 0.3) is 0 Å². The summed E-state index contributed by atoms with van der Waals surface area (Å²) in [6, 6.07) is 0. The Balaban J connectivity index is 2.76. The molecule has 1 rings (SSSR count). The molecule has 1 aliphatic rings. The lowest BCUT2D eigenvalue weighted by Crippen LogP contribution is -2.00. The first kappa shape index (κ1) is 9.57. The van der Waals surface area contributed by atoms with Crippen LogP contribution >= 0.6 is 0 Å². The van der Waals surface area contributed by atoms with Crippen LogP contribution in [0.3, 0.4) is 0 Å². The zero-order valence-electron chi connectivity index (χ0n) is 8.56. The number of hydrogen-bond acceptors (Lipinski definition) is 0. The molecule has 1 unspecified atom stereocenters. The van der Waals surface area contributed by atoms with E-state index < -0.39 is 0 Å². The van der Waals surface area contributed by atoms with Gasteiger partial charge in [0.15, 0.2) is 0 Å². The third-order valence-electron chi connectivity index (χ3n) is 2.82. The van der Waals surface area contributed by atoms with Crippen molar-refractivity contribution in [2.45, 2.75) is 46.5 Å². The van der Waals surface area contributed by atoms with Crippen LogP contribution in [0.2, 0.25) is 0 Å². The average molecular weight is 164 g/mol. The Hall–Kier alpha value is -0.520. The Morgan fingerprint density at radius 1 is 1.42 bits per heavy atom. The zero-order valence-corrected chi connectivity index (χ0v) is 8.56. The van der Waals surface area contributed by atoms with Crippen molar-refractivity contribution in [3.05, 3.63) is 23.3 Å². The summed E-state index contributed by atoms with van der Waals surface area (Å²) in [6.07, 6.45) is 9.91. The fraction of sp³-hybridized carbons (Fsp3) is 0.667. The summed E-state index contributed by atoms with van der Waals surface area (Å²) in [4.78, 5) is 0. The molecule has 0 heterocycles. The molecule has 1 aliphatic carbocycles. The predicted molar refractivity (Wildman–Crippen MR) is 55.1 cm³/mol. The van der Waals surface area contributed by atoms with E-state index in [0.717, 1.165) is 5.92 Å². The summed E-state index contributed by atoms with van der Waals surface area (Å²) in [5, 5.41) is 0. The van der Waals surface area contributed by atoms with Crippen LogP contribution in [-0.2, 0) is 0 Å². The first-order valence-electron chi connectivity index (χ1n) is 5.15. The molecule has 0 aromatic rings. The van der Waals surface area contributed by atoms with E-state index in [9.17, 15) is 0 Å². The van der Waals surface area contributed by atoms with Crippen molar-refractivity contribution >= 4 is 0 Å². The van der Waals surface area contributed by atoms with Crippen molar-refractivity contribution in [3.8, 4) is 0 Å². The normalized spacial score (nSPS) is 24.4. The molecule has 12 heavy (non-hydrogen) atoms. The summed E-state index contributed by atoms with van der Waals surface area (Å²) in [5.74, 6) is 0.851. The van der Waals surface area contributed by atoms with E-state index in [-0.39, 0.29) is 0 Å². The molecular weight excluding hydrogens is 144 g/mol. The molecule has 0 spiro atoms. The van der Waals surface area contributed by atoms with Crippen molar-refractivity contribution in [3.63, 3.8) is 0 Å². The predicted octanol–water partition coefficient (Wildman–Crippen LogP) is 4.09. The van der Waals surface area contributed by atoms with Crippen LogP contribution in [0.5, 0.6) is 0 Å². The van der Waals surface area contributed by atoms with Crippen molar-refractivity contribution < 1.29 is 0 Å². The third-order valence-corrected chi connectivity index (χ3v) is 2.82. The van der Waals surface area contributed by atoms with Gasteiger partial charge in [0.2, 0.25) is 0 Å². The molecule has 0 fully saturated rings. The smallest absolute Gasteiger partial charge is 0.0200 e. The van der Waals surface area contributed by atoms with Crippen LogP contribution in [0.15, 0.2) is 23.3 Å². The van der Waals surface area contributed by atoms with E-state index >= 15 is 0 Å². The lowest BCUT2D eigenvalue weighted by molar-refractivity contribution is 0.538. The Morgan fingerprint density at radius 2 is 2.17 bits per heavy atom. The second-order valence-corrected chi connectivity index (χ2v) is 3.70. The first-order valence-corrected chi connectivity index (χ1v) is 5.15.